The number of hydrogen-bond donors (Lipinski definition) is 1. The first-order valence-electron chi connectivity index (χ1n) is 5.66. The lowest BCUT2D eigenvalue weighted by atomic mass is 10.1. The first-order valence-corrected chi connectivity index (χ1v) is 6.04. The van der Waals surface area contributed by atoms with Gasteiger partial charge in [-0.2, -0.15) is 0 Å². The molecule has 1 aromatic heterocycles. The Balaban J connectivity index is 2.80. The molecule has 0 saturated carbocycles. The molecule has 1 aromatic carbocycles. The van der Waals surface area contributed by atoms with Crippen LogP contribution in [0.15, 0.2) is 18.2 Å². The van der Waals surface area contributed by atoms with Crippen LogP contribution in [0.1, 0.15) is 24.6 Å². The highest BCUT2D eigenvalue weighted by Crippen LogP contribution is 2.33. The van der Waals surface area contributed by atoms with E-state index in [9.17, 15) is 8.78 Å². The number of nitrogens with one attached hydrogen (secondary N) is 1. The summed E-state index contributed by atoms with van der Waals surface area (Å²) in [5.74, 6) is 0. The molecule has 2 nitrogen and oxygen atoms in total. The van der Waals surface area contributed by atoms with Crippen molar-refractivity contribution in [2.45, 2.75) is 20.3 Å². The summed E-state index contributed by atoms with van der Waals surface area (Å²) in [5, 5.41) is 4.27. The number of alkyl halides is 2. The van der Waals surface area contributed by atoms with E-state index in [0.717, 1.165) is 10.9 Å². The third-order valence-electron chi connectivity index (χ3n) is 2.73. The first-order chi connectivity index (χ1) is 8.54. The smallest absolute Gasteiger partial charge is 0.280 e. The minimum atomic E-state index is -2.61. The van der Waals surface area contributed by atoms with Gasteiger partial charge >= 0.3 is 0 Å². The molecule has 18 heavy (non-hydrogen) atoms. The summed E-state index contributed by atoms with van der Waals surface area (Å²) in [6.07, 6.45) is -2.61. The van der Waals surface area contributed by atoms with Crippen LogP contribution >= 0.6 is 11.6 Å². The lowest BCUT2D eigenvalue weighted by Gasteiger charge is -2.13. The zero-order valence-electron chi connectivity index (χ0n) is 10.1. The van der Waals surface area contributed by atoms with Gasteiger partial charge in [0, 0.05) is 17.6 Å². The zero-order valence-corrected chi connectivity index (χ0v) is 10.9. The van der Waals surface area contributed by atoms with E-state index in [1.54, 1.807) is 6.07 Å². The summed E-state index contributed by atoms with van der Waals surface area (Å²) < 4.78 is 25.6. The Morgan fingerprint density at radius 1 is 1.39 bits per heavy atom. The van der Waals surface area contributed by atoms with Gasteiger partial charge in [-0.25, -0.2) is 13.8 Å². The SMILES string of the molecule is CCNc1cc(C(F)F)nc2c(Cl)ccc(C)c12. The second kappa shape index (κ2) is 5.06. The Kier molecular flexibility index (Phi) is 3.66. The Morgan fingerprint density at radius 3 is 2.72 bits per heavy atom. The van der Waals surface area contributed by atoms with E-state index in [4.69, 9.17) is 11.6 Å². The van der Waals surface area contributed by atoms with Crippen molar-refractivity contribution in [3.63, 3.8) is 0 Å². The van der Waals surface area contributed by atoms with Crippen molar-refractivity contribution in [2.75, 3.05) is 11.9 Å². The average Bonchev–Trinajstić information content (AvgIpc) is 2.33. The minimum absolute atomic E-state index is 0.258. The topological polar surface area (TPSA) is 24.9 Å². The van der Waals surface area contributed by atoms with E-state index in [0.29, 0.717) is 22.8 Å². The van der Waals surface area contributed by atoms with Gasteiger partial charge in [-0.1, -0.05) is 17.7 Å². The number of rotatable bonds is 3. The van der Waals surface area contributed by atoms with Crippen LogP contribution in [-0.4, -0.2) is 11.5 Å². The molecule has 0 bridgehead atoms. The number of benzene rings is 1. The van der Waals surface area contributed by atoms with Crippen molar-refractivity contribution in [3.8, 4) is 0 Å². The predicted molar refractivity (Wildman–Crippen MR) is 70.6 cm³/mol. The average molecular weight is 271 g/mol. The van der Waals surface area contributed by atoms with Gasteiger partial charge in [-0.15, -0.1) is 0 Å². The lowest BCUT2D eigenvalue weighted by Crippen LogP contribution is -2.02. The number of halogens is 3. The Bertz CT molecular complexity index is 585. The quantitative estimate of drug-likeness (QED) is 0.884. The maximum atomic E-state index is 12.8. The molecule has 5 heteroatoms. The minimum Gasteiger partial charge on any atom is -0.385 e. The molecular weight excluding hydrogens is 258 g/mol. The number of aromatic nitrogens is 1. The maximum absolute atomic E-state index is 12.8. The lowest BCUT2D eigenvalue weighted by molar-refractivity contribution is 0.146. The normalized spacial score (nSPS) is 11.2. The van der Waals surface area contributed by atoms with Crippen LogP contribution in [0.5, 0.6) is 0 Å². The van der Waals surface area contributed by atoms with Gasteiger partial charge in [-0.05, 0) is 31.5 Å². The highest BCUT2D eigenvalue weighted by atomic mass is 35.5. The molecule has 1 N–H and O–H groups in total. The van der Waals surface area contributed by atoms with E-state index in [-0.39, 0.29) is 5.69 Å². The third kappa shape index (κ3) is 2.25. The van der Waals surface area contributed by atoms with Crippen LogP contribution < -0.4 is 5.32 Å². The van der Waals surface area contributed by atoms with E-state index in [2.05, 4.69) is 10.3 Å². The second-order valence-corrected chi connectivity index (χ2v) is 4.42. The van der Waals surface area contributed by atoms with Crippen molar-refractivity contribution >= 4 is 28.2 Å². The molecule has 0 saturated heterocycles. The molecule has 0 aliphatic rings. The molecule has 96 valence electrons. The molecule has 1 heterocycles. The molecule has 0 atom stereocenters. The van der Waals surface area contributed by atoms with Crippen LogP contribution in [0.3, 0.4) is 0 Å². The number of nitrogens with zero attached hydrogens (tertiary/aromatic N) is 1. The summed E-state index contributed by atoms with van der Waals surface area (Å²) in [4.78, 5) is 3.96. The molecule has 0 fully saturated rings. The molecule has 0 aliphatic heterocycles. The van der Waals surface area contributed by atoms with Crippen molar-refractivity contribution in [2.24, 2.45) is 0 Å². The number of aryl methyl sites for hydroxylation is 1. The van der Waals surface area contributed by atoms with Gasteiger partial charge in [0.25, 0.3) is 6.43 Å². The van der Waals surface area contributed by atoms with Crippen LogP contribution in [0, 0.1) is 6.92 Å². The van der Waals surface area contributed by atoms with Crippen molar-refractivity contribution in [1.29, 1.82) is 0 Å². The van der Waals surface area contributed by atoms with Crippen LogP contribution in [0.25, 0.3) is 10.9 Å². The summed E-state index contributed by atoms with van der Waals surface area (Å²) in [6.45, 7) is 4.46. The molecule has 2 rings (SSSR count). The van der Waals surface area contributed by atoms with Crippen molar-refractivity contribution < 1.29 is 8.78 Å². The summed E-state index contributed by atoms with van der Waals surface area (Å²) >= 11 is 6.04. The van der Waals surface area contributed by atoms with Gasteiger partial charge in [0.05, 0.1) is 10.5 Å². The Morgan fingerprint density at radius 2 is 2.11 bits per heavy atom. The van der Waals surface area contributed by atoms with Crippen LogP contribution in [-0.2, 0) is 0 Å². The highest BCUT2D eigenvalue weighted by molar-refractivity contribution is 6.35. The molecule has 0 spiro atoms. The van der Waals surface area contributed by atoms with E-state index in [1.807, 2.05) is 19.9 Å². The van der Waals surface area contributed by atoms with Crippen molar-refractivity contribution in [3.05, 3.63) is 34.5 Å². The summed E-state index contributed by atoms with van der Waals surface area (Å²) in [7, 11) is 0. The standard InChI is InChI=1S/C13H13ClF2N2/c1-3-17-9-6-10(13(15)16)18-12-8(14)5-4-7(2)11(9)12/h4-6,13H,3H2,1-2H3,(H,17,18). The predicted octanol–water partition coefficient (Wildman–Crippen LogP) is 4.57. The fourth-order valence-electron chi connectivity index (χ4n) is 1.94. The first kappa shape index (κ1) is 13.0. The highest BCUT2D eigenvalue weighted by Gasteiger charge is 2.15. The fraction of sp³-hybridized carbons (Fsp3) is 0.308. The van der Waals surface area contributed by atoms with E-state index >= 15 is 0 Å². The molecule has 2 aromatic rings. The molecular formula is C13H13ClF2N2. The molecule has 0 radical (unpaired) electrons. The van der Waals surface area contributed by atoms with Gasteiger partial charge in [0.1, 0.15) is 5.69 Å². The number of anilines is 1. The summed E-state index contributed by atoms with van der Waals surface area (Å²) in [6, 6.07) is 4.92. The van der Waals surface area contributed by atoms with Crippen molar-refractivity contribution in [1.82, 2.24) is 4.98 Å². The molecule has 0 amide bonds. The Hall–Kier alpha value is -1.42. The number of fused-ring (bicyclic) bond motifs is 1. The zero-order chi connectivity index (χ0) is 13.3. The van der Waals surface area contributed by atoms with E-state index < -0.39 is 6.43 Å². The van der Waals surface area contributed by atoms with Gasteiger partial charge in [-0.3, -0.25) is 0 Å². The monoisotopic (exact) mass is 270 g/mol. The maximum Gasteiger partial charge on any atom is 0.280 e. The van der Waals surface area contributed by atoms with E-state index in [1.165, 1.54) is 6.07 Å². The van der Waals surface area contributed by atoms with Gasteiger partial charge in [0.2, 0.25) is 0 Å². The molecule has 0 aliphatic carbocycles. The summed E-state index contributed by atoms with van der Waals surface area (Å²) in [5.41, 5.74) is 1.77. The number of pyridine rings is 1. The fourth-order valence-corrected chi connectivity index (χ4v) is 2.14. The van der Waals surface area contributed by atoms with Crippen LogP contribution in [0.4, 0.5) is 14.5 Å². The third-order valence-corrected chi connectivity index (χ3v) is 3.04. The van der Waals surface area contributed by atoms with Gasteiger partial charge in [0.15, 0.2) is 0 Å². The second-order valence-electron chi connectivity index (χ2n) is 4.01. The van der Waals surface area contributed by atoms with Crippen LogP contribution in [0.2, 0.25) is 5.02 Å². The number of hydrogen-bond acceptors (Lipinski definition) is 2. The Labute approximate surface area is 109 Å². The van der Waals surface area contributed by atoms with Gasteiger partial charge < -0.3 is 5.32 Å². The molecule has 0 unspecified atom stereocenters. The largest absolute Gasteiger partial charge is 0.385 e.